The van der Waals surface area contributed by atoms with E-state index in [0.29, 0.717) is 5.52 Å². The summed E-state index contributed by atoms with van der Waals surface area (Å²) in [5.74, 6) is 0.802. The molecule has 6 heteroatoms. The molecule has 0 saturated heterocycles. The van der Waals surface area contributed by atoms with E-state index in [1.54, 1.807) is 18.2 Å². The maximum Gasteiger partial charge on any atom is 0.178 e. The summed E-state index contributed by atoms with van der Waals surface area (Å²) in [6.07, 6.45) is 0.252. The Kier molecular flexibility index (Phi) is 3.41. The average molecular weight is 268 g/mol. The number of sulfone groups is 1. The number of aryl methyl sites for hydroxylation is 2. The number of benzene rings is 1. The van der Waals surface area contributed by atoms with Crippen LogP contribution in [0.1, 0.15) is 12.2 Å². The van der Waals surface area contributed by atoms with Crippen LogP contribution in [0.25, 0.3) is 11.0 Å². The van der Waals surface area contributed by atoms with E-state index in [0.717, 1.165) is 11.3 Å². The van der Waals surface area contributed by atoms with Crippen molar-refractivity contribution in [1.82, 2.24) is 9.55 Å². The van der Waals surface area contributed by atoms with E-state index in [1.807, 2.05) is 18.5 Å². The quantitative estimate of drug-likeness (QED) is 0.899. The molecule has 18 heavy (non-hydrogen) atoms. The largest absolute Gasteiger partial charge is 0.396 e. The highest BCUT2D eigenvalue weighted by molar-refractivity contribution is 7.91. The van der Waals surface area contributed by atoms with E-state index in [2.05, 4.69) is 4.98 Å². The fourth-order valence-electron chi connectivity index (χ4n) is 1.87. The summed E-state index contributed by atoms with van der Waals surface area (Å²) >= 11 is 0. The zero-order chi connectivity index (χ0) is 13.3. The molecule has 5 nitrogen and oxygen atoms in total. The van der Waals surface area contributed by atoms with E-state index >= 15 is 0 Å². The van der Waals surface area contributed by atoms with Crippen molar-refractivity contribution >= 4 is 20.9 Å². The molecule has 1 N–H and O–H groups in total. The molecule has 0 unspecified atom stereocenters. The molecule has 0 radical (unpaired) electrons. The normalized spacial score (nSPS) is 12.2. The van der Waals surface area contributed by atoms with Crippen LogP contribution in [0.3, 0.4) is 0 Å². The Hall–Kier alpha value is -1.40. The Morgan fingerprint density at radius 2 is 2.11 bits per heavy atom. The summed E-state index contributed by atoms with van der Waals surface area (Å²) in [4.78, 5) is 4.58. The van der Waals surface area contributed by atoms with Crippen molar-refractivity contribution in [2.24, 2.45) is 7.05 Å². The van der Waals surface area contributed by atoms with Gasteiger partial charge in [0.15, 0.2) is 9.84 Å². The molecular formula is C12H16N2O3S. The summed E-state index contributed by atoms with van der Waals surface area (Å²) in [7, 11) is -1.43. The minimum absolute atomic E-state index is 0.0409. The highest BCUT2D eigenvalue weighted by Crippen LogP contribution is 2.20. The summed E-state index contributed by atoms with van der Waals surface area (Å²) in [5.41, 5.74) is 1.59. The summed E-state index contributed by atoms with van der Waals surface area (Å²) in [6, 6.07) is 4.95. The molecule has 0 aliphatic carbocycles. The first-order valence-electron chi connectivity index (χ1n) is 5.72. The van der Waals surface area contributed by atoms with Gasteiger partial charge in [0.05, 0.1) is 21.7 Å². The van der Waals surface area contributed by atoms with Crippen molar-refractivity contribution in [1.29, 1.82) is 0 Å². The lowest BCUT2D eigenvalue weighted by Gasteiger charge is -2.03. The molecule has 98 valence electrons. The van der Waals surface area contributed by atoms with Gasteiger partial charge in [-0.05, 0) is 31.5 Å². The fourth-order valence-corrected chi connectivity index (χ4v) is 3.18. The molecule has 0 bridgehead atoms. The van der Waals surface area contributed by atoms with Gasteiger partial charge >= 0.3 is 0 Å². The van der Waals surface area contributed by atoms with Crippen LogP contribution in [-0.4, -0.2) is 35.4 Å². The van der Waals surface area contributed by atoms with Gasteiger partial charge in [0.2, 0.25) is 0 Å². The number of rotatable bonds is 4. The second-order valence-electron chi connectivity index (χ2n) is 4.26. The van der Waals surface area contributed by atoms with Gasteiger partial charge in [-0.1, -0.05) is 0 Å². The minimum atomic E-state index is -3.33. The lowest BCUT2D eigenvalue weighted by Crippen LogP contribution is -2.08. The summed E-state index contributed by atoms with van der Waals surface area (Å²) in [5, 5.41) is 8.71. The van der Waals surface area contributed by atoms with E-state index in [1.165, 1.54) is 0 Å². The number of aromatic nitrogens is 2. The van der Waals surface area contributed by atoms with Crippen LogP contribution in [0.15, 0.2) is 23.1 Å². The van der Waals surface area contributed by atoms with E-state index in [-0.39, 0.29) is 23.7 Å². The van der Waals surface area contributed by atoms with Gasteiger partial charge in [-0.25, -0.2) is 13.4 Å². The minimum Gasteiger partial charge on any atom is -0.396 e. The van der Waals surface area contributed by atoms with Crippen LogP contribution in [0.5, 0.6) is 0 Å². The molecule has 1 heterocycles. The fraction of sp³-hybridized carbons (Fsp3) is 0.417. The molecule has 2 aromatic rings. The highest BCUT2D eigenvalue weighted by Gasteiger charge is 2.15. The first-order chi connectivity index (χ1) is 8.45. The third-order valence-electron chi connectivity index (χ3n) is 3.01. The number of fused-ring (bicyclic) bond motifs is 1. The molecule has 0 aliphatic rings. The number of aliphatic hydroxyl groups excluding tert-OH is 1. The Balaban J connectivity index is 2.47. The number of hydrogen-bond donors (Lipinski definition) is 1. The van der Waals surface area contributed by atoms with Crippen molar-refractivity contribution in [2.45, 2.75) is 18.2 Å². The monoisotopic (exact) mass is 268 g/mol. The van der Waals surface area contributed by atoms with E-state index < -0.39 is 9.84 Å². The maximum atomic E-state index is 12.0. The first-order valence-corrected chi connectivity index (χ1v) is 7.37. The van der Waals surface area contributed by atoms with E-state index in [9.17, 15) is 8.42 Å². The van der Waals surface area contributed by atoms with Crippen molar-refractivity contribution in [3.63, 3.8) is 0 Å². The van der Waals surface area contributed by atoms with Crippen molar-refractivity contribution < 1.29 is 13.5 Å². The average Bonchev–Trinajstić information content (AvgIpc) is 2.62. The van der Waals surface area contributed by atoms with Crippen molar-refractivity contribution in [3.05, 3.63) is 24.0 Å². The zero-order valence-corrected chi connectivity index (χ0v) is 11.2. The molecule has 1 aromatic heterocycles. The van der Waals surface area contributed by atoms with Gasteiger partial charge in [0.25, 0.3) is 0 Å². The zero-order valence-electron chi connectivity index (χ0n) is 10.4. The summed E-state index contributed by atoms with van der Waals surface area (Å²) < 4.78 is 25.9. The predicted molar refractivity (Wildman–Crippen MR) is 69.2 cm³/mol. The third-order valence-corrected chi connectivity index (χ3v) is 4.80. The second kappa shape index (κ2) is 4.70. The van der Waals surface area contributed by atoms with Gasteiger partial charge in [-0.15, -0.1) is 0 Å². The van der Waals surface area contributed by atoms with Crippen molar-refractivity contribution in [2.75, 3.05) is 12.4 Å². The van der Waals surface area contributed by atoms with Crippen molar-refractivity contribution in [3.8, 4) is 0 Å². The van der Waals surface area contributed by atoms with Gasteiger partial charge in [-0.3, -0.25) is 0 Å². The van der Waals surface area contributed by atoms with E-state index in [4.69, 9.17) is 5.11 Å². The SMILES string of the molecule is Cc1nc2cc(S(=O)(=O)CCCO)ccc2n1C. The van der Waals surface area contributed by atoms with Gasteiger partial charge in [-0.2, -0.15) is 0 Å². The third kappa shape index (κ3) is 2.26. The topological polar surface area (TPSA) is 72.2 Å². The van der Waals surface area contributed by atoms with Gasteiger partial charge in [0, 0.05) is 13.7 Å². The molecule has 0 saturated carbocycles. The number of nitrogens with zero attached hydrogens (tertiary/aromatic N) is 2. The molecule has 2 rings (SSSR count). The molecule has 0 atom stereocenters. The lowest BCUT2D eigenvalue weighted by atomic mass is 10.3. The smallest absolute Gasteiger partial charge is 0.178 e. The first kappa shape index (κ1) is 13.0. The highest BCUT2D eigenvalue weighted by atomic mass is 32.2. The molecule has 1 aromatic carbocycles. The van der Waals surface area contributed by atoms with Crippen LogP contribution in [0.2, 0.25) is 0 Å². The Morgan fingerprint density at radius 1 is 1.39 bits per heavy atom. The van der Waals surface area contributed by atoms with Crippen LogP contribution in [-0.2, 0) is 16.9 Å². The van der Waals surface area contributed by atoms with Crippen LogP contribution in [0, 0.1) is 6.92 Å². The standard InChI is InChI=1S/C12H16N2O3S/c1-9-13-11-8-10(4-5-12(11)14(9)2)18(16,17)7-3-6-15/h4-5,8,15H,3,6-7H2,1-2H3. The number of aliphatic hydroxyl groups is 1. The van der Waals surface area contributed by atoms with Crippen LogP contribution in [0.4, 0.5) is 0 Å². The van der Waals surface area contributed by atoms with Gasteiger partial charge < -0.3 is 9.67 Å². The Morgan fingerprint density at radius 3 is 2.78 bits per heavy atom. The Bertz CT molecular complexity index is 674. The van der Waals surface area contributed by atoms with Gasteiger partial charge in [0.1, 0.15) is 5.82 Å². The maximum absolute atomic E-state index is 12.0. The predicted octanol–water partition coefficient (Wildman–Crippen LogP) is 1.04. The molecule has 0 fully saturated rings. The number of hydrogen-bond acceptors (Lipinski definition) is 4. The Labute approximate surface area is 106 Å². The second-order valence-corrected chi connectivity index (χ2v) is 6.37. The van der Waals surface area contributed by atoms with Crippen LogP contribution >= 0.6 is 0 Å². The molecule has 0 spiro atoms. The summed E-state index contributed by atoms with van der Waals surface area (Å²) in [6.45, 7) is 1.75. The van der Waals surface area contributed by atoms with Crippen LogP contribution < -0.4 is 0 Å². The lowest BCUT2D eigenvalue weighted by molar-refractivity contribution is 0.295. The molecule has 0 amide bonds. The number of imidazole rings is 1. The molecule has 0 aliphatic heterocycles. The molecular weight excluding hydrogens is 252 g/mol.